The van der Waals surface area contributed by atoms with Gasteiger partial charge in [0.1, 0.15) is 0 Å². The van der Waals surface area contributed by atoms with Crippen LogP contribution >= 0.6 is 11.8 Å². The average molecular weight is 288 g/mol. The van der Waals surface area contributed by atoms with E-state index in [1.54, 1.807) is 11.8 Å². The normalized spacial score (nSPS) is 21.1. The first-order valence-corrected chi connectivity index (χ1v) is 7.79. The molecule has 1 aromatic rings. The van der Waals surface area contributed by atoms with Crippen LogP contribution in [0.4, 0.5) is 5.69 Å². The average Bonchev–Trinajstić information content (AvgIpc) is 2.86. The summed E-state index contributed by atoms with van der Waals surface area (Å²) in [6.45, 7) is 4.33. The summed E-state index contributed by atoms with van der Waals surface area (Å²) in [6.07, 6.45) is 2.03. The summed E-state index contributed by atoms with van der Waals surface area (Å²) in [4.78, 5) is 12.5. The van der Waals surface area contributed by atoms with Gasteiger partial charge in [-0.2, -0.15) is 0 Å². The SMILES string of the molecule is Cc1ccc(C#CCN)c(NC(=O)C2(C)CCCS2)c1. The summed E-state index contributed by atoms with van der Waals surface area (Å²) in [5.41, 5.74) is 8.12. The zero-order chi connectivity index (χ0) is 14.6. The lowest BCUT2D eigenvalue weighted by Crippen LogP contribution is -2.34. The first-order valence-electron chi connectivity index (χ1n) is 6.80. The molecule has 0 bridgehead atoms. The summed E-state index contributed by atoms with van der Waals surface area (Å²) in [5.74, 6) is 6.97. The third kappa shape index (κ3) is 3.36. The van der Waals surface area contributed by atoms with E-state index in [9.17, 15) is 4.79 Å². The Balaban J connectivity index is 2.23. The third-order valence-corrected chi connectivity index (χ3v) is 4.97. The lowest BCUT2D eigenvalue weighted by molar-refractivity contribution is -0.118. The highest BCUT2D eigenvalue weighted by Gasteiger charge is 2.37. The number of nitrogens with one attached hydrogen (secondary N) is 1. The number of benzene rings is 1. The van der Waals surface area contributed by atoms with Crippen LogP contribution in [0.1, 0.15) is 30.9 Å². The number of aryl methyl sites for hydroxylation is 1. The van der Waals surface area contributed by atoms with Gasteiger partial charge >= 0.3 is 0 Å². The second kappa shape index (κ2) is 6.34. The van der Waals surface area contributed by atoms with Gasteiger partial charge in [-0.05, 0) is 50.1 Å². The maximum atomic E-state index is 12.5. The van der Waals surface area contributed by atoms with Crippen molar-refractivity contribution >= 4 is 23.4 Å². The Bertz CT molecular complexity index is 566. The number of nitrogens with two attached hydrogens (primary N) is 1. The Morgan fingerprint density at radius 3 is 3.00 bits per heavy atom. The van der Waals surface area contributed by atoms with Crippen LogP contribution in [0.25, 0.3) is 0 Å². The predicted octanol–water partition coefficient (Wildman–Crippen LogP) is 2.53. The minimum Gasteiger partial charge on any atom is -0.324 e. The van der Waals surface area contributed by atoms with E-state index in [1.807, 2.05) is 32.0 Å². The Kier molecular flexibility index (Phi) is 4.74. The van der Waals surface area contributed by atoms with Gasteiger partial charge in [0.25, 0.3) is 0 Å². The molecule has 4 heteroatoms. The zero-order valence-electron chi connectivity index (χ0n) is 12.0. The highest BCUT2D eigenvalue weighted by atomic mass is 32.2. The van der Waals surface area contributed by atoms with Gasteiger partial charge in [0, 0.05) is 5.56 Å². The number of carbonyl (C=O) groups is 1. The first-order chi connectivity index (χ1) is 9.55. The van der Waals surface area contributed by atoms with E-state index < -0.39 is 0 Å². The highest BCUT2D eigenvalue weighted by molar-refractivity contribution is 8.01. The van der Waals surface area contributed by atoms with Gasteiger partial charge in [0.05, 0.1) is 17.0 Å². The van der Waals surface area contributed by atoms with Gasteiger partial charge in [-0.3, -0.25) is 4.79 Å². The number of anilines is 1. The van der Waals surface area contributed by atoms with Gasteiger partial charge in [0.15, 0.2) is 0 Å². The molecule has 1 heterocycles. The Morgan fingerprint density at radius 1 is 1.55 bits per heavy atom. The van der Waals surface area contributed by atoms with Crippen LogP contribution in [0.5, 0.6) is 0 Å². The molecule has 1 atom stereocenters. The molecule has 0 aliphatic carbocycles. The number of hydrogen-bond donors (Lipinski definition) is 2. The van der Waals surface area contributed by atoms with Crippen LogP contribution in [-0.4, -0.2) is 23.0 Å². The molecule has 3 nitrogen and oxygen atoms in total. The molecule has 1 fully saturated rings. The third-order valence-electron chi connectivity index (χ3n) is 3.45. The number of hydrogen-bond acceptors (Lipinski definition) is 3. The number of rotatable bonds is 2. The lowest BCUT2D eigenvalue weighted by atomic mass is 10.0. The molecule has 0 spiro atoms. The van der Waals surface area contributed by atoms with E-state index in [4.69, 9.17) is 5.73 Å². The van der Waals surface area contributed by atoms with Crippen LogP contribution in [-0.2, 0) is 4.79 Å². The summed E-state index contributed by atoms with van der Waals surface area (Å²) in [7, 11) is 0. The summed E-state index contributed by atoms with van der Waals surface area (Å²) < 4.78 is -0.317. The van der Waals surface area contributed by atoms with E-state index in [0.29, 0.717) is 6.54 Å². The molecule has 1 unspecified atom stereocenters. The molecule has 0 radical (unpaired) electrons. The van der Waals surface area contributed by atoms with Crippen molar-refractivity contribution in [2.45, 2.75) is 31.4 Å². The molecule has 3 N–H and O–H groups in total. The summed E-state index contributed by atoms with van der Waals surface area (Å²) in [5, 5.41) is 3.04. The second-order valence-corrected chi connectivity index (χ2v) is 6.79. The second-order valence-electron chi connectivity index (χ2n) is 5.19. The minimum absolute atomic E-state index is 0.0707. The molecule has 1 amide bonds. The van der Waals surface area contributed by atoms with Crippen molar-refractivity contribution in [2.75, 3.05) is 17.6 Å². The Morgan fingerprint density at radius 2 is 2.35 bits per heavy atom. The quantitative estimate of drug-likeness (QED) is 0.822. The molecular weight excluding hydrogens is 268 g/mol. The van der Waals surface area contributed by atoms with Crippen molar-refractivity contribution < 1.29 is 4.79 Å². The molecule has 2 rings (SSSR count). The molecule has 0 aromatic heterocycles. The van der Waals surface area contributed by atoms with Crippen molar-refractivity contribution in [3.63, 3.8) is 0 Å². The summed E-state index contributed by atoms with van der Waals surface area (Å²) in [6, 6.07) is 5.88. The van der Waals surface area contributed by atoms with Gasteiger partial charge < -0.3 is 11.1 Å². The van der Waals surface area contributed by atoms with E-state index in [-0.39, 0.29) is 10.7 Å². The van der Waals surface area contributed by atoms with Crippen molar-refractivity contribution in [2.24, 2.45) is 5.73 Å². The number of thioether (sulfide) groups is 1. The molecule has 1 aliphatic rings. The molecular formula is C16H20N2OS. The molecule has 0 saturated carbocycles. The van der Waals surface area contributed by atoms with Crippen molar-refractivity contribution in [1.29, 1.82) is 0 Å². The Labute approximate surface area is 124 Å². The Hall–Kier alpha value is -1.44. The fourth-order valence-electron chi connectivity index (χ4n) is 2.23. The maximum Gasteiger partial charge on any atom is 0.240 e. The van der Waals surface area contributed by atoms with Crippen molar-refractivity contribution in [1.82, 2.24) is 0 Å². The highest BCUT2D eigenvalue weighted by Crippen LogP contribution is 2.38. The van der Waals surface area contributed by atoms with Crippen molar-refractivity contribution in [3.8, 4) is 11.8 Å². The van der Waals surface area contributed by atoms with Crippen LogP contribution in [0.15, 0.2) is 18.2 Å². The van der Waals surface area contributed by atoms with E-state index in [2.05, 4.69) is 17.2 Å². The van der Waals surface area contributed by atoms with Gasteiger partial charge in [-0.25, -0.2) is 0 Å². The summed E-state index contributed by atoms with van der Waals surface area (Å²) >= 11 is 1.73. The van der Waals surface area contributed by atoms with Crippen LogP contribution in [0, 0.1) is 18.8 Å². The maximum absolute atomic E-state index is 12.5. The van der Waals surface area contributed by atoms with Crippen LogP contribution < -0.4 is 11.1 Å². The molecule has 106 valence electrons. The molecule has 20 heavy (non-hydrogen) atoms. The molecule has 1 aliphatic heterocycles. The van der Waals surface area contributed by atoms with Gasteiger partial charge in [-0.1, -0.05) is 17.9 Å². The predicted molar refractivity (Wildman–Crippen MR) is 85.8 cm³/mol. The van der Waals surface area contributed by atoms with E-state index in [1.165, 1.54) is 0 Å². The van der Waals surface area contributed by atoms with E-state index >= 15 is 0 Å². The fourth-order valence-corrected chi connectivity index (χ4v) is 3.44. The largest absolute Gasteiger partial charge is 0.324 e. The van der Waals surface area contributed by atoms with E-state index in [0.717, 1.165) is 35.4 Å². The molecule has 1 aromatic carbocycles. The smallest absolute Gasteiger partial charge is 0.240 e. The van der Waals surface area contributed by atoms with Gasteiger partial charge in [-0.15, -0.1) is 11.8 Å². The van der Waals surface area contributed by atoms with Gasteiger partial charge in [0.2, 0.25) is 5.91 Å². The fraction of sp³-hybridized carbons (Fsp3) is 0.438. The zero-order valence-corrected chi connectivity index (χ0v) is 12.8. The first kappa shape index (κ1) is 15.0. The van der Waals surface area contributed by atoms with Crippen molar-refractivity contribution in [3.05, 3.63) is 29.3 Å². The van der Waals surface area contributed by atoms with Crippen LogP contribution in [0.2, 0.25) is 0 Å². The number of carbonyl (C=O) groups excluding carboxylic acids is 1. The lowest BCUT2D eigenvalue weighted by Gasteiger charge is -2.22. The standard InChI is InChI=1S/C16H20N2OS/c1-12-6-7-13(5-3-9-17)14(11-12)18-15(19)16(2)8-4-10-20-16/h6-7,11H,4,8-10,17H2,1-2H3,(H,18,19). The minimum atomic E-state index is -0.317. The monoisotopic (exact) mass is 288 g/mol. The van der Waals surface area contributed by atoms with Crippen LogP contribution in [0.3, 0.4) is 0 Å². The topological polar surface area (TPSA) is 55.1 Å². The molecule has 1 saturated heterocycles. The number of amides is 1.